The van der Waals surface area contributed by atoms with Crippen LogP contribution < -0.4 is 10.1 Å². The lowest BCUT2D eigenvalue weighted by atomic mass is 10.0. The Morgan fingerprint density at radius 3 is 2.82 bits per heavy atom. The van der Waals surface area contributed by atoms with Crippen molar-refractivity contribution in [2.75, 3.05) is 13.7 Å². The highest BCUT2D eigenvalue weighted by Crippen LogP contribution is 2.30. The zero-order valence-electron chi connectivity index (χ0n) is 18.2. The molecule has 0 aliphatic heterocycles. The number of furan rings is 1. The number of aliphatic hydroxyl groups is 1. The van der Waals surface area contributed by atoms with Crippen molar-refractivity contribution in [3.63, 3.8) is 0 Å². The summed E-state index contributed by atoms with van der Waals surface area (Å²) in [5.74, 6) is 1.19. The second-order valence-electron chi connectivity index (χ2n) is 8.01. The van der Waals surface area contributed by atoms with Crippen LogP contribution in [0.2, 0.25) is 0 Å². The molecule has 166 valence electrons. The molecular formula is C27H24N2O4. The summed E-state index contributed by atoms with van der Waals surface area (Å²) in [6, 6.07) is 22.4. The lowest BCUT2D eigenvalue weighted by Gasteiger charge is -2.16. The molecule has 0 saturated heterocycles. The number of hydrogen-bond acceptors (Lipinski definition) is 4. The first kappa shape index (κ1) is 20.8. The van der Waals surface area contributed by atoms with Crippen LogP contribution in [0.4, 0.5) is 0 Å². The molecule has 5 rings (SSSR count). The van der Waals surface area contributed by atoms with Crippen molar-refractivity contribution in [2.24, 2.45) is 0 Å². The van der Waals surface area contributed by atoms with Gasteiger partial charge in [-0.15, -0.1) is 0 Å². The summed E-state index contributed by atoms with van der Waals surface area (Å²) in [4.78, 5) is 16.2. The van der Waals surface area contributed by atoms with Crippen LogP contribution in [0.25, 0.3) is 33.2 Å². The lowest BCUT2D eigenvalue weighted by Crippen LogP contribution is -2.39. The minimum Gasteiger partial charge on any atom is -0.497 e. The van der Waals surface area contributed by atoms with Crippen molar-refractivity contribution in [1.29, 1.82) is 0 Å². The van der Waals surface area contributed by atoms with Gasteiger partial charge in [-0.05, 0) is 54.4 Å². The summed E-state index contributed by atoms with van der Waals surface area (Å²) < 4.78 is 11.3. The van der Waals surface area contributed by atoms with Crippen molar-refractivity contribution in [2.45, 2.75) is 12.5 Å². The number of carbonyl (C=O) groups is 1. The molecule has 1 atom stereocenters. The summed E-state index contributed by atoms with van der Waals surface area (Å²) in [6.45, 7) is -0.156. The molecule has 0 radical (unpaired) electrons. The van der Waals surface area contributed by atoms with Gasteiger partial charge in [0.2, 0.25) is 0 Å². The number of ether oxygens (including phenoxy) is 1. The molecule has 0 fully saturated rings. The maximum absolute atomic E-state index is 13.0. The Labute approximate surface area is 190 Å². The first-order chi connectivity index (χ1) is 16.1. The molecule has 0 saturated carbocycles. The maximum Gasteiger partial charge on any atom is 0.251 e. The van der Waals surface area contributed by atoms with Gasteiger partial charge < -0.3 is 24.6 Å². The highest BCUT2D eigenvalue weighted by molar-refractivity contribution is 5.96. The van der Waals surface area contributed by atoms with Crippen molar-refractivity contribution < 1.29 is 19.1 Å². The molecule has 0 spiro atoms. The van der Waals surface area contributed by atoms with Gasteiger partial charge in [0.15, 0.2) is 0 Å². The van der Waals surface area contributed by atoms with E-state index in [4.69, 9.17) is 9.15 Å². The average Bonchev–Trinajstić information content (AvgIpc) is 3.47. The minimum atomic E-state index is -0.404. The summed E-state index contributed by atoms with van der Waals surface area (Å²) in [5, 5.41) is 14.9. The Morgan fingerprint density at radius 2 is 1.97 bits per heavy atom. The van der Waals surface area contributed by atoms with Crippen LogP contribution in [0.1, 0.15) is 15.9 Å². The average molecular weight is 440 g/mol. The second kappa shape index (κ2) is 8.84. The fourth-order valence-corrected chi connectivity index (χ4v) is 4.10. The number of rotatable bonds is 7. The van der Waals surface area contributed by atoms with E-state index in [1.807, 2.05) is 66.9 Å². The molecule has 3 N–H and O–H groups in total. The molecule has 2 heterocycles. The van der Waals surface area contributed by atoms with E-state index in [0.717, 1.165) is 38.7 Å². The molecule has 0 unspecified atom stereocenters. The van der Waals surface area contributed by atoms with Gasteiger partial charge in [0.05, 0.1) is 19.8 Å². The number of fused-ring (bicyclic) bond motifs is 2. The summed E-state index contributed by atoms with van der Waals surface area (Å²) in [6.07, 6.45) is 2.45. The van der Waals surface area contributed by atoms with Crippen molar-refractivity contribution in [3.05, 3.63) is 90.1 Å². The number of para-hydroxylation sites is 1. The van der Waals surface area contributed by atoms with Gasteiger partial charge in [0, 0.05) is 33.6 Å². The van der Waals surface area contributed by atoms with E-state index in [9.17, 15) is 9.90 Å². The van der Waals surface area contributed by atoms with Gasteiger partial charge >= 0.3 is 0 Å². The molecule has 2 aromatic heterocycles. The number of hydrogen-bond donors (Lipinski definition) is 3. The molecule has 6 nitrogen and oxygen atoms in total. The SMILES string of the molecule is COc1ccc2oc(-c3cccc(C(=O)N[C@@H](CO)Cc4c[nH]c5ccccc45)c3)cc2c1. The first-order valence-electron chi connectivity index (χ1n) is 10.8. The van der Waals surface area contributed by atoms with Crippen LogP contribution >= 0.6 is 0 Å². The third-order valence-corrected chi connectivity index (χ3v) is 5.83. The van der Waals surface area contributed by atoms with Gasteiger partial charge in [-0.25, -0.2) is 0 Å². The Morgan fingerprint density at radius 1 is 1.09 bits per heavy atom. The number of aliphatic hydroxyl groups excluding tert-OH is 1. The molecule has 5 aromatic rings. The van der Waals surface area contributed by atoms with Crippen LogP contribution in [0.15, 0.2) is 83.4 Å². The van der Waals surface area contributed by atoms with Gasteiger partial charge in [0.1, 0.15) is 17.1 Å². The quantitative estimate of drug-likeness (QED) is 0.335. The molecular weight excluding hydrogens is 416 g/mol. The predicted molar refractivity (Wildman–Crippen MR) is 129 cm³/mol. The van der Waals surface area contributed by atoms with Crippen molar-refractivity contribution >= 4 is 27.8 Å². The van der Waals surface area contributed by atoms with E-state index in [2.05, 4.69) is 10.3 Å². The third kappa shape index (κ3) is 4.21. The van der Waals surface area contributed by atoms with Gasteiger partial charge in [0.25, 0.3) is 5.91 Å². The number of amides is 1. The Hall–Kier alpha value is -4.03. The third-order valence-electron chi connectivity index (χ3n) is 5.83. The number of nitrogens with one attached hydrogen (secondary N) is 2. The zero-order chi connectivity index (χ0) is 22.8. The highest BCUT2D eigenvalue weighted by atomic mass is 16.5. The van der Waals surface area contributed by atoms with Crippen LogP contribution in [0.3, 0.4) is 0 Å². The fourth-order valence-electron chi connectivity index (χ4n) is 4.10. The van der Waals surface area contributed by atoms with E-state index < -0.39 is 6.04 Å². The lowest BCUT2D eigenvalue weighted by molar-refractivity contribution is 0.0916. The minimum absolute atomic E-state index is 0.156. The van der Waals surface area contributed by atoms with E-state index >= 15 is 0 Å². The van der Waals surface area contributed by atoms with Gasteiger partial charge in [-0.1, -0.05) is 30.3 Å². The van der Waals surface area contributed by atoms with E-state index in [1.54, 1.807) is 19.2 Å². The molecule has 0 aliphatic rings. The zero-order valence-corrected chi connectivity index (χ0v) is 18.2. The second-order valence-corrected chi connectivity index (χ2v) is 8.01. The largest absolute Gasteiger partial charge is 0.497 e. The van der Waals surface area contributed by atoms with Gasteiger partial charge in [-0.3, -0.25) is 4.79 Å². The first-order valence-corrected chi connectivity index (χ1v) is 10.8. The Bertz CT molecular complexity index is 1430. The fraction of sp³-hybridized carbons (Fsp3) is 0.148. The summed E-state index contributed by atoms with van der Waals surface area (Å²) >= 11 is 0. The normalized spacial score (nSPS) is 12.2. The molecule has 1 amide bonds. The van der Waals surface area contributed by atoms with Crippen molar-refractivity contribution in [1.82, 2.24) is 10.3 Å². The highest BCUT2D eigenvalue weighted by Gasteiger charge is 2.17. The molecule has 6 heteroatoms. The van der Waals surface area contributed by atoms with E-state index in [0.29, 0.717) is 17.7 Å². The summed E-state index contributed by atoms with van der Waals surface area (Å²) in [5.41, 5.74) is 4.14. The number of aromatic amines is 1. The smallest absolute Gasteiger partial charge is 0.251 e. The molecule has 0 aliphatic carbocycles. The monoisotopic (exact) mass is 440 g/mol. The Balaban J connectivity index is 1.35. The molecule has 3 aromatic carbocycles. The topological polar surface area (TPSA) is 87.5 Å². The van der Waals surface area contributed by atoms with Crippen LogP contribution in [-0.4, -0.2) is 35.8 Å². The van der Waals surface area contributed by atoms with E-state index in [-0.39, 0.29) is 12.5 Å². The van der Waals surface area contributed by atoms with E-state index in [1.165, 1.54) is 0 Å². The van der Waals surface area contributed by atoms with Crippen LogP contribution in [-0.2, 0) is 6.42 Å². The molecule has 0 bridgehead atoms. The maximum atomic E-state index is 13.0. The van der Waals surface area contributed by atoms with Gasteiger partial charge in [-0.2, -0.15) is 0 Å². The van der Waals surface area contributed by atoms with Crippen molar-refractivity contribution in [3.8, 4) is 17.1 Å². The summed E-state index contributed by atoms with van der Waals surface area (Å²) in [7, 11) is 1.63. The number of methoxy groups -OCH3 is 1. The number of carbonyl (C=O) groups excluding carboxylic acids is 1. The number of aromatic nitrogens is 1. The Kier molecular flexibility index (Phi) is 5.59. The predicted octanol–water partition coefficient (Wildman–Crippen LogP) is 4.92. The van der Waals surface area contributed by atoms with Crippen LogP contribution in [0, 0.1) is 0 Å². The number of benzene rings is 3. The standard InChI is InChI=1S/C27H24N2O4/c1-32-22-9-10-25-19(13-22)14-26(33-25)17-5-4-6-18(11-17)27(31)29-21(16-30)12-20-15-28-24-8-3-2-7-23(20)24/h2-11,13-15,21,28,30H,12,16H2,1H3,(H,29,31)/t21-/m1/s1. The molecule has 33 heavy (non-hydrogen) atoms. The number of H-pyrrole nitrogens is 1. The van der Waals surface area contributed by atoms with Crippen LogP contribution in [0.5, 0.6) is 5.75 Å².